The zero-order valence-electron chi connectivity index (χ0n) is 15.6. The van der Waals surface area contributed by atoms with E-state index < -0.39 is 11.5 Å². The maximum Gasteiger partial charge on any atom is 0.337 e. The summed E-state index contributed by atoms with van der Waals surface area (Å²) in [6.45, 7) is 1.30. The molecule has 1 fully saturated rings. The van der Waals surface area contributed by atoms with Crippen molar-refractivity contribution in [3.8, 4) is 22.8 Å². The molecule has 5 rings (SSSR count). The van der Waals surface area contributed by atoms with Crippen molar-refractivity contribution in [1.82, 2.24) is 20.3 Å². The van der Waals surface area contributed by atoms with Gasteiger partial charge in [-0.25, -0.2) is 19.2 Å². The van der Waals surface area contributed by atoms with Gasteiger partial charge in [-0.3, -0.25) is 0 Å². The number of carboxylic acid groups (broad SMARTS) is 1. The minimum absolute atomic E-state index is 0.299. The van der Waals surface area contributed by atoms with Crippen LogP contribution >= 0.6 is 0 Å². The quantitative estimate of drug-likeness (QED) is 0.538. The van der Waals surface area contributed by atoms with E-state index in [2.05, 4.69) is 20.3 Å². The number of carbonyl (C=O) groups is 1. The number of H-pyrrole nitrogens is 1. The molecule has 2 aliphatic rings. The first-order valence-electron chi connectivity index (χ1n) is 9.52. The lowest BCUT2D eigenvalue weighted by Gasteiger charge is -2.39. The van der Waals surface area contributed by atoms with Crippen LogP contribution in [0.1, 0.15) is 27.2 Å². The molecule has 0 amide bonds. The molecule has 3 heterocycles. The Bertz CT molecular complexity index is 1140. The number of aromatic nitrogens is 3. The zero-order chi connectivity index (χ0) is 20.2. The summed E-state index contributed by atoms with van der Waals surface area (Å²) in [5.41, 5.74) is 10.5. The molecule has 148 valence electrons. The monoisotopic (exact) mass is 393 g/mol. The molecule has 1 aliphatic carbocycles. The molecule has 3 aromatic rings. The standard InChI is InChI=1S/C21H20FN5O2/c22-13-3-1-2-11(6-13)19-25-8-12-4-5-14-16(20(28)29)15(7-21(23)9-24-10-21)26-18(14)17(12)27-19/h1-3,6,8,24,26H,4-5,7,9-10,23H2,(H,28,29). The van der Waals surface area contributed by atoms with Gasteiger partial charge in [0.25, 0.3) is 0 Å². The van der Waals surface area contributed by atoms with Crippen LogP contribution in [0.4, 0.5) is 4.39 Å². The van der Waals surface area contributed by atoms with Crippen molar-refractivity contribution in [3.63, 3.8) is 0 Å². The second kappa shape index (κ2) is 6.47. The molecule has 0 saturated carbocycles. The van der Waals surface area contributed by atoms with E-state index in [4.69, 9.17) is 5.73 Å². The summed E-state index contributed by atoms with van der Waals surface area (Å²) >= 11 is 0. The molecule has 0 radical (unpaired) electrons. The van der Waals surface area contributed by atoms with Gasteiger partial charge in [0.15, 0.2) is 5.82 Å². The maximum atomic E-state index is 13.6. The third-order valence-electron chi connectivity index (χ3n) is 5.71. The largest absolute Gasteiger partial charge is 0.478 e. The van der Waals surface area contributed by atoms with Crippen LogP contribution in [0.5, 0.6) is 0 Å². The minimum atomic E-state index is -0.962. The molecular weight excluding hydrogens is 373 g/mol. The van der Waals surface area contributed by atoms with Crippen molar-refractivity contribution < 1.29 is 14.3 Å². The SMILES string of the molecule is NC1(Cc2[nH]c3c(c2C(=O)O)CCc2cnc(-c4cccc(F)c4)nc2-3)CNC1. The summed E-state index contributed by atoms with van der Waals surface area (Å²) < 4.78 is 13.6. The van der Waals surface area contributed by atoms with Crippen molar-refractivity contribution in [1.29, 1.82) is 0 Å². The Morgan fingerprint density at radius 2 is 2.14 bits per heavy atom. The first-order chi connectivity index (χ1) is 13.9. The number of aromatic amines is 1. The number of fused-ring (bicyclic) bond motifs is 3. The normalized spacial score (nSPS) is 16.6. The smallest absolute Gasteiger partial charge is 0.337 e. The van der Waals surface area contributed by atoms with Gasteiger partial charge in [-0.2, -0.15) is 0 Å². The van der Waals surface area contributed by atoms with Crippen LogP contribution in [-0.2, 0) is 19.3 Å². The topological polar surface area (TPSA) is 117 Å². The number of halogens is 1. The Hall–Kier alpha value is -3.10. The van der Waals surface area contributed by atoms with Gasteiger partial charge in [0, 0.05) is 42.5 Å². The average Bonchev–Trinajstić information content (AvgIpc) is 3.04. The molecule has 2 aromatic heterocycles. The van der Waals surface area contributed by atoms with Gasteiger partial charge in [-0.1, -0.05) is 12.1 Å². The number of aromatic carboxylic acids is 1. The number of aryl methyl sites for hydroxylation is 1. The van der Waals surface area contributed by atoms with Crippen LogP contribution in [0.25, 0.3) is 22.8 Å². The number of carboxylic acids is 1. The fraction of sp³-hybridized carbons (Fsp3) is 0.286. The molecule has 1 aromatic carbocycles. The van der Waals surface area contributed by atoms with Crippen LogP contribution in [0.2, 0.25) is 0 Å². The molecule has 1 saturated heterocycles. The van der Waals surface area contributed by atoms with Gasteiger partial charge < -0.3 is 21.1 Å². The molecule has 7 nitrogen and oxygen atoms in total. The van der Waals surface area contributed by atoms with E-state index in [0.717, 1.165) is 11.1 Å². The lowest BCUT2D eigenvalue weighted by atomic mass is 9.86. The zero-order valence-corrected chi connectivity index (χ0v) is 15.6. The molecule has 0 spiro atoms. The molecule has 0 unspecified atom stereocenters. The Labute approximate surface area is 166 Å². The fourth-order valence-electron chi connectivity index (χ4n) is 4.19. The van der Waals surface area contributed by atoms with Gasteiger partial charge in [-0.05, 0) is 36.1 Å². The van der Waals surface area contributed by atoms with Crippen LogP contribution in [0.3, 0.4) is 0 Å². The van der Waals surface area contributed by atoms with E-state index in [-0.39, 0.29) is 5.82 Å². The Balaban J connectivity index is 1.63. The number of hydrogen-bond acceptors (Lipinski definition) is 5. The van der Waals surface area contributed by atoms with Crippen LogP contribution in [0.15, 0.2) is 30.5 Å². The minimum Gasteiger partial charge on any atom is -0.478 e. The lowest BCUT2D eigenvalue weighted by Crippen LogP contribution is -2.66. The summed E-state index contributed by atoms with van der Waals surface area (Å²) in [4.78, 5) is 24.4. The van der Waals surface area contributed by atoms with Gasteiger partial charge >= 0.3 is 5.97 Å². The lowest BCUT2D eigenvalue weighted by molar-refractivity contribution is 0.0694. The highest BCUT2D eigenvalue weighted by molar-refractivity contribution is 5.94. The van der Waals surface area contributed by atoms with Crippen molar-refractivity contribution in [2.24, 2.45) is 5.73 Å². The van der Waals surface area contributed by atoms with Gasteiger partial charge in [0.1, 0.15) is 5.82 Å². The number of rotatable bonds is 4. The fourth-order valence-corrected chi connectivity index (χ4v) is 4.19. The third-order valence-corrected chi connectivity index (χ3v) is 5.71. The van der Waals surface area contributed by atoms with E-state index in [1.54, 1.807) is 18.3 Å². The highest BCUT2D eigenvalue weighted by Crippen LogP contribution is 2.37. The summed E-state index contributed by atoms with van der Waals surface area (Å²) in [5.74, 6) is -0.916. The average molecular weight is 393 g/mol. The van der Waals surface area contributed by atoms with Gasteiger partial charge in [0.2, 0.25) is 0 Å². The predicted molar refractivity (Wildman–Crippen MR) is 105 cm³/mol. The second-order valence-electron chi connectivity index (χ2n) is 7.86. The van der Waals surface area contributed by atoms with E-state index >= 15 is 0 Å². The van der Waals surface area contributed by atoms with Crippen LogP contribution in [0, 0.1) is 5.82 Å². The molecule has 0 atom stereocenters. The van der Waals surface area contributed by atoms with Crippen LogP contribution < -0.4 is 11.1 Å². The van der Waals surface area contributed by atoms with Gasteiger partial charge in [-0.15, -0.1) is 0 Å². The first-order valence-corrected chi connectivity index (χ1v) is 9.52. The van der Waals surface area contributed by atoms with Crippen molar-refractivity contribution in [3.05, 3.63) is 58.7 Å². The molecule has 8 heteroatoms. The van der Waals surface area contributed by atoms with E-state index in [0.29, 0.717) is 66.4 Å². The highest BCUT2D eigenvalue weighted by atomic mass is 19.1. The molecule has 5 N–H and O–H groups in total. The van der Waals surface area contributed by atoms with E-state index in [1.807, 2.05) is 0 Å². The second-order valence-corrected chi connectivity index (χ2v) is 7.86. The Morgan fingerprint density at radius 1 is 1.31 bits per heavy atom. The van der Waals surface area contributed by atoms with E-state index in [1.165, 1.54) is 12.1 Å². The molecule has 1 aliphatic heterocycles. The number of benzene rings is 1. The summed E-state index contributed by atoms with van der Waals surface area (Å²) in [6.07, 6.45) is 3.44. The van der Waals surface area contributed by atoms with Crippen molar-refractivity contribution >= 4 is 5.97 Å². The summed E-state index contributed by atoms with van der Waals surface area (Å²) in [7, 11) is 0. The number of nitrogens with one attached hydrogen (secondary N) is 2. The molecule has 0 bridgehead atoms. The first kappa shape index (κ1) is 18.0. The maximum absolute atomic E-state index is 13.6. The number of hydrogen-bond donors (Lipinski definition) is 4. The number of nitrogens with zero attached hydrogens (tertiary/aromatic N) is 2. The summed E-state index contributed by atoms with van der Waals surface area (Å²) in [6, 6.07) is 6.12. The highest BCUT2D eigenvalue weighted by Gasteiger charge is 2.36. The molecular formula is C21H20FN5O2. The Morgan fingerprint density at radius 3 is 2.83 bits per heavy atom. The number of nitrogens with two attached hydrogens (primary N) is 1. The van der Waals surface area contributed by atoms with Gasteiger partial charge in [0.05, 0.1) is 17.0 Å². The Kier molecular flexibility index (Phi) is 4.01. The summed E-state index contributed by atoms with van der Waals surface area (Å²) in [5, 5.41) is 13.0. The third kappa shape index (κ3) is 3.01. The molecule has 29 heavy (non-hydrogen) atoms. The van der Waals surface area contributed by atoms with Crippen LogP contribution in [-0.4, -0.2) is 44.7 Å². The predicted octanol–water partition coefficient (Wildman–Crippen LogP) is 1.92. The van der Waals surface area contributed by atoms with Crippen molar-refractivity contribution in [2.75, 3.05) is 13.1 Å². The van der Waals surface area contributed by atoms with Crippen molar-refractivity contribution in [2.45, 2.75) is 24.8 Å². The van der Waals surface area contributed by atoms with E-state index in [9.17, 15) is 14.3 Å².